The molecule has 0 unspecified atom stereocenters. The number of aldehydes is 1. The van der Waals surface area contributed by atoms with Gasteiger partial charge in [-0.05, 0) is 67.9 Å². The number of benzene rings is 1. The van der Waals surface area contributed by atoms with Gasteiger partial charge in [0.15, 0.2) is 67.3 Å². The third-order valence-corrected chi connectivity index (χ3v) is 7.79. The molecule has 0 radical (unpaired) electrons. The summed E-state index contributed by atoms with van der Waals surface area (Å²) in [6, 6.07) is 8.75. The first-order valence-electron chi connectivity index (χ1n) is 19.1. The molecule has 0 aliphatic heterocycles. The topological polar surface area (TPSA) is 289 Å². The van der Waals surface area contributed by atoms with E-state index in [9.17, 15) is 52.7 Å². The highest BCUT2D eigenvalue weighted by atomic mass is 16.7. The van der Waals surface area contributed by atoms with Crippen LogP contribution in [0.5, 0.6) is 0 Å². The average Bonchev–Trinajstić information content (AvgIpc) is 3.23. The van der Waals surface area contributed by atoms with Crippen molar-refractivity contribution in [1.29, 1.82) is 0 Å². The molecule has 344 valence electrons. The van der Waals surface area contributed by atoms with Crippen LogP contribution in [0.2, 0.25) is 0 Å². The molecule has 0 spiro atoms. The molecule has 0 aliphatic carbocycles. The van der Waals surface area contributed by atoms with Crippen LogP contribution in [0, 0.1) is 0 Å². The van der Waals surface area contributed by atoms with Crippen LogP contribution < -0.4 is 0 Å². The fourth-order valence-electron chi connectivity index (χ4n) is 4.06. The summed E-state index contributed by atoms with van der Waals surface area (Å²) in [5, 5.41) is 0. The second kappa shape index (κ2) is 26.7. The van der Waals surface area contributed by atoms with Gasteiger partial charge in [0.05, 0.1) is 6.61 Å². The van der Waals surface area contributed by atoms with E-state index in [1.165, 1.54) is 34.6 Å². The SMILES string of the molecule is CCC(=O)O[C@@H](C)C(=O)O[C@@H](C)C(=O)O[C@@H](C)C(=O)O[C@@H](C)C(=O)O[C@@H](C)C(=O)O[C@@H](C)C(=O)O[C@H](C=O)CO[C@@H](C)C(=O)O[C@@H](C)C(=O)O[C@@H](C)C(=O)OCc1ccccc1. The highest BCUT2D eigenvalue weighted by Gasteiger charge is 2.33. The van der Waals surface area contributed by atoms with Crippen molar-refractivity contribution in [3.05, 3.63) is 35.9 Å². The number of carbonyl (C=O) groups excluding carboxylic acids is 11. The molecule has 0 heterocycles. The average molecular weight is 885 g/mol. The number of carbonyl (C=O) groups is 11. The van der Waals surface area contributed by atoms with Crippen molar-refractivity contribution in [3.63, 3.8) is 0 Å². The first kappa shape index (κ1) is 53.6. The molecule has 0 aliphatic rings. The minimum atomic E-state index is -1.67. The lowest BCUT2D eigenvalue weighted by atomic mass is 10.2. The largest absolute Gasteiger partial charge is 0.458 e. The molecular weight excluding hydrogens is 832 g/mol. The number of esters is 10. The van der Waals surface area contributed by atoms with Crippen LogP contribution in [0.15, 0.2) is 30.3 Å². The summed E-state index contributed by atoms with van der Waals surface area (Å²) in [5.41, 5.74) is 0.709. The summed E-state index contributed by atoms with van der Waals surface area (Å²) in [6.45, 7) is 11.1. The smallest absolute Gasteiger partial charge is 0.347 e. The van der Waals surface area contributed by atoms with E-state index < -0.39 is 127 Å². The number of ether oxygens (including phenoxy) is 11. The molecule has 22 heteroatoms. The molecule has 0 fully saturated rings. The van der Waals surface area contributed by atoms with E-state index in [1.54, 1.807) is 30.3 Å². The summed E-state index contributed by atoms with van der Waals surface area (Å²) >= 11 is 0. The van der Waals surface area contributed by atoms with Crippen molar-refractivity contribution in [2.45, 2.75) is 143 Å². The molecule has 0 N–H and O–H groups in total. The Morgan fingerprint density at radius 3 is 1.08 bits per heavy atom. The van der Waals surface area contributed by atoms with Gasteiger partial charge < -0.3 is 52.1 Å². The highest BCUT2D eigenvalue weighted by molar-refractivity contribution is 5.87. The second-order valence-corrected chi connectivity index (χ2v) is 13.2. The zero-order valence-electron chi connectivity index (χ0n) is 35.8. The third-order valence-electron chi connectivity index (χ3n) is 7.79. The van der Waals surface area contributed by atoms with Gasteiger partial charge in [0.2, 0.25) is 0 Å². The Balaban J connectivity index is 2.52. The van der Waals surface area contributed by atoms with Gasteiger partial charge in [0, 0.05) is 6.42 Å². The van der Waals surface area contributed by atoms with Gasteiger partial charge in [-0.15, -0.1) is 0 Å². The fraction of sp³-hybridized carbons (Fsp3) is 0.575. The maximum atomic E-state index is 12.6. The molecule has 0 saturated carbocycles. The number of hydrogen-bond acceptors (Lipinski definition) is 22. The van der Waals surface area contributed by atoms with Crippen molar-refractivity contribution in [3.8, 4) is 0 Å². The second-order valence-electron chi connectivity index (χ2n) is 13.2. The molecule has 0 saturated heterocycles. The Morgan fingerprint density at radius 2 is 0.742 bits per heavy atom. The maximum absolute atomic E-state index is 12.6. The van der Waals surface area contributed by atoms with Crippen LogP contribution >= 0.6 is 0 Å². The predicted octanol–water partition coefficient (Wildman–Crippen LogP) is 1.11. The maximum Gasteiger partial charge on any atom is 0.347 e. The first-order valence-corrected chi connectivity index (χ1v) is 19.1. The predicted molar refractivity (Wildman–Crippen MR) is 202 cm³/mol. The Labute approximate surface area is 356 Å². The van der Waals surface area contributed by atoms with Gasteiger partial charge in [-0.1, -0.05) is 37.3 Å². The fourth-order valence-corrected chi connectivity index (χ4v) is 4.06. The van der Waals surface area contributed by atoms with Crippen molar-refractivity contribution in [2.24, 2.45) is 0 Å². The monoisotopic (exact) mass is 884 g/mol. The molecular formula is C40H52O22. The van der Waals surface area contributed by atoms with Gasteiger partial charge in [-0.25, -0.2) is 43.2 Å². The molecule has 0 amide bonds. The van der Waals surface area contributed by atoms with E-state index >= 15 is 0 Å². The highest BCUT2D eigenvalue weighted by Crippen LogP contribution is 2.11. The first-order chi connectivity index (χ1) is 29.0. The van der Waals surface area contributed by atoms with E-state index in [1.807, 2.05) is 0 Å². The normalized spacial score (nSPS) is 15.6. The van der Waals surface area contributed by atoms with Crippen molar-refractivity contribution >= 4 is 66.0 Å². The van der Waals surface area contributed by atoms with Crippen LogP contribution in [0.1, 0.15) is 81.2 Å². The molecule has 1 aromatic rings. The molecule has 62 heavy (non-hydrogen) atoms. The summed E-state index contributed by atoms with van der Waals surface area (Å²) in [7, 11) is 0. The van der Waals surface area contributed by atoms with Crippen LogP contribution in [0.4, 0.5) is 0 Å². The van der Waals surface area contributed by atoms with Gasteiger partial charge in [-0.3, -0.25) is 9.59 Å². The Bertz CT molecular complexity index is 1740. The number of hydrogen-bond donors (Lipinski definition) is 0. The summed E-state index contributed by atoms with van der Waals surface area (Å²) in [4.78, 5) is 134. The summed E-state index contributed by atoms with van der Waals surface area (Å²) in [5.74, 6) is -10.9. The lowest BCUT2D eigenvalue weighted by molar-refractivity contribution is -0.188. The van der Waals surface area contributed by atoms with Crippen molar-refractivity contribution in [2.75, 3.05) is 6.61 Å². The molecule has 22 nitrogen and oxygen atoms in total. The Kier molecular flexibility index (Phi) is 23.1. The zero-order chi connectivity index (χ0) is 47.3. The van der Waals surface area contributed by atoms with E-state index in [0.29, 0.717) is 5.56 Å². The lowest BCUT2D eigenvalue weighted by Gasteiger charge is -2.21. The quantitative estimate of drug-likeness (QED) is 0.0755. The van der Waals surface area contributed by atoms with Gasteiger partial charge in [0.25, 0.3) is 0 Å². The standard InChI is InChI=1S/C40H52O22/c1-11-31(42)54-22(4)34(45)57-24(6)36(47)58-25(7)37(48)59-26(8)38(49)60-27(9)39(50)61-28(10)40(51)62-30(17-41)19-52-20(2)33(44)56-23(5)35(46)55-21(3)32(43)53-18-29-15-13-12-14-16-29/h12-17,20-28,30H,11,18-19H2,1-10H3/t20-,21-,22-,23-,24-,25-,26-,27-,28-,30+/m0/s1. The van der Waals surface area contributed by atoms with Gasteiger partial charge in [0.1, 0.15) is 6.61 Å². The van der Waals surface area contributed by atoms with E-state index in [-0.39, 0.29) is 19.3 Å². The summed E-state index contributed by atoms with van der Waals surface area (Å²) in [6.07, 6.45) is -15.1. The van der Waals surface area contributed by atoms with Crippen molar-refractivity contribution < 1.29 is 105 Å². The molecule has 1 rings (SSSR count). The minimum Gasteiger partial charge on any atom is -0.458 e. The van der Waals surface area contributed by atoms with Crippen LogP contribution in [0.25, 0.3) is 0 Å². The molecule has 0 bridgehead atoms. The van der Waals surface area contributed by atoms with E-state index in [0.717, 1.165) is 34.6 Å². The third kappa shape index (κ3) is 19.3. The minimum absolute atomic E-state index is 0.00177. The Hall–Kier alpha value is -6.45. The zero-order valence-corrected chi connectivity index (χ0v) is 35.8. The molecule has 10 atom stereocenters. The van der Waals surface area contributed by atoms with Gasteiger partial charge in [-0.2, -0.15) is 0 Å². The molecule has 1 aromatic carbocycles. The van der Waals surface area contributed by atoms with Crippen LogP contribution in [-0.4, -0.2) is 134 Å². The summed E-state index contributed by atoms with van der Waals surface area (Å²) < 4.78 is 54.7. The van der Waals surface area contributed by atoms with Crippen LogP contribution in [0.3, 0.4) is 0 Å². The van der Waals surface area contributed by atoms with Crippen LogP contribution in [-0.2, 0) is 111 Å². The van der Waals surface area contributed by atoms with E-state index in [4.69, 9.17) is 52.1 Å². The number of rotatable bonds is 25. The molecule has 0 aromatic heterocycles. The lowest BCUT2D eigenvalue weighted by Crippen LogP contribution is -2.39. The Morgan fingerprint density at radius 1 is 0.435 bits per heavy atom. The van der Waals surface area contributed by atoms with Gasteiger partial charge >= 0.3 is 59.7 Å². The van der Waals surface area contributed by atoms with Crippen molar-refractivity contribution in [1.82, 2.24) is 0 Å². The van der Waals surface area contributed by atoms with E-state index in [2.05, 4.69) is 0 Å².